The number of likely N-dealkylation sites (tertiary alicyclic amines) is 1. The fourth-order valence-corrected chi connectivity index (χ4v) is 4.07. The van der Waals surface area contributed by atoms with E-state index >= 15 is 0 Å². The Balaban J connectivity index is 1.46. The van der Waals surface area contributed by atoms with E-state index in [-0.39, 0.29) is 29.9 Å². The number of hydrogen-bond acceptors (Lipinski definition) is 3. The number of carbonyl (C=O) groups excluding carboxylic acids is 2. The number of carbonyl (C=O) groups is 2. The molecular weight excluding hydrogens is 306 g/mol. The number of fused-ring (bicyclic) bond motifs is 4. The van der Waals surface area contributed by atoms with Crippen LogP contribution < -0.4 is 0 Å². The third-order valence-electron chi connectivity index (χ3n) is 5.11. The van der Waals surface area contributed by atoms with Crippen molar-refractivity contribution in [2.45, 2.75) is 25.1 Å². The van der Waals surface area contributed by atoms with Crippen LogP contribution in [0.3, 0.4) is 0 Å². The number of piperidine rings is 1. The van der Waals surface area contributed by atoms with E-state index in [4.69, 9.17) is 4.84 Å². The molecule has 6 heteroatoms. The highest BCUT2D eigenvalue weighted by Gasteiger charge is 2.56. The van der Waals surface area contributed by atoms with Gasteiger partial charge in [-0.15, -0.1) is 6.58 Å². The Kier molecular flexibility index (Phi) is 3.76. The number of benzene rings is 1. The lowest BCUT2D eigenvalue weighted by atomic mass is 9.90. The topological polar surface area (TPSA) is 53.1 Å². The number of rotatable bonds is 5. The van der Waals surface area contributed by atoms with Crippen LogP contribution in [0.5, 0.6) is 0 Å². The minimum Gasteiger partial charge on any atom is -0.337 e. The Hall–Kier alpha value is -2.34. The van der Waals surface area contributed by atoms with Crippen LogP contribution in [0.4, 0.5) is 4.79 Å². The molecule has 3 unspecified atom stereocenters. The van der Waals surface area contributed by atoms with E-state index in [2.05, 4.69) is 6.58 Å². The molecule has 126 valence electrons. The van der Waals surface area contributed by atoms with Crippen LogP contribution in [0.15, 0.2) is 43.0 Å². The number of amides is 3. The fourth-order valence-electron chi connectivity index (χ4n) is 4.07. The third kappa shape index (κ3) is 2.38. The van der Waals surface area contributed by atoms with Crippen LogP contribution >= 0.6 is 0 Å². The van der Waals surface area contributed by atoms with Gasteiger partial charge in [-0.3, -0.25) is 9.63 Å². The Labute approximate surface area is 141 Å². The summed E-state index contributed by atoms with van der Waals surface area (Å²) in [6.45, 7) is 5.88. The highest BCUT2D eigenvalue weighted by Crippen LogP contribution is 2.38. The van der Waals surface area contributed by atoms with Crippen LogP contribution in [0, 0.1) is 5.92 Å². The van der Waals surface area contributed by atoms with E-state index in [1.165, 1.54) is 5.06 Å². The summed E-state index contributed by atoms with van der Waals surface area (Å²) >= 11 is 0. The molecule has 3 saturated heterocycles. The van der Waals surface area contributed by atoms with Gasteiger partial charge >= 0.3 is 6.03 Å². The van der Waals surface area contributed by atoms with E-state index in [1.54, 1.807) is 15.9 Å². The number of hydroxylamine groups is 2. The molecule has 1 aromatic rings. The number of urea groups is 1. The van der Waals surface area contributed by atoms with Gasteiger partial charge in [0.05, 0.1) is 6.04 Å². The zero-order valence-electron chi connectivity index (χ0n) is 13.5. The molecule has 3 heterocycles. The van der Waals surface area contributed by atoms with Gasteiger partial charge in [0.2, 0.25) is 5.91 Å². The maximum Gasteiger partial charge on any atom is 0.345 e. The largest absolute Gasteiger partial charge is 0.345 e. The van der Waals surface area contributed by atoms with Gasteiger partial charge in [0, 0.05) is 25.6 Å². The van der Waals surface area contributed by atoms with Crippen LogP contribution in [0.25, 0.3) is 0 Å². The summed E-state index contributed by atoms with van der Waals surface area (Å²) in [5.41, 5.74) is 1.02. The lowest BCUT2D eigenvalue weighted by molar-refractivity contribution is -0.142. The van der Waals surface area contributed by atoms with Gasteiger partial charge < -0.3 is 9.80 Å². The molecule has 0 radical (unpaired) electrons. The van der Waals surface area contributed by atoms with Crippen LogP contribution in [0.1, 0.15) is 12.0 Å². The summed E-state index contributed by atoms with van der Waals surface area (Å²) in [6.07, 6.45) is 2.54. The predicted molar refractivity (Wildman–Crippen MR) is 87.6 cm³/mol. The molecule has 0 saturated carbocycles. The summed E-state index contributed by atoms with van der Waals surface area (Å²) in [4.78, 5) is 34.5. The van der Waals surface area contributed by atoms with Gasteiger partial charge in [-0.2, -0.15) is 5.06 Å². The smallest absolute Gasteiger partial charge is 0.337 e. The van der Waals surface area contributed by atoms with Crippen molar-refractivity contribution in [3.63, 3.8) is 0 Å². The molecule has 2 bridgehead atoms. The normalized spacial score (nSPS) is 28.5. The minimum absolute atomic E-state index is 0.0268. The second kappa shape index (κ2) is 5.94. The molecule has 24 heavy (non-hydrogen) atoms. The summed E-state index contributed by atoms with van der Waals surface area (Å²) in [7, 11) is 0. The van der Waals surface area contributed by atoms with E-state index in [9.17, 15) is 9.59 Å². The number of nitrogens with zero attached hydrogens (tertiary/aromatic N) is 3. The molecule has 0 aliphatic carbocycles. The quantitative estimate of drug-likeness (QED) is 0.773. The standard InChI is InChI=1S/C18H21N3O3/c1-2-8-19-10-14-9-15-11-20(16(14)17(19)22)18(23)21(15)24-12-13-6-4-3-5-7-13/h2-7,14-16H,1,8-12H2. The van der Waals surface area contributed by atoms with E-state index in [0.717, 1.165) is 12.0 Å². The van der Waals surface area contributed by atoms with E-state index < -0.39 is 0 Å². The van der Waals surface area contributed by atoms with Crippen molar-refractivity contribution in [3.05, 3.63) is 48.6 Å². The lowest BCUT2D eigenvalue weighted by Gasteiger charge is -2.30. The first-order valence-corrected chi connectivity index (χ1v) is 8.35. The molecule has 6 nitrogen and oxygen atoms in total. The zero-order chi connectivity index (χ0) is 16.7. The summed E-state index contributed by atoms with van der Waals surface area (Å²) in [5.74, 6) is 0.224. The van der Waals surface area contributed by atoms with E-state index in [1.807, 2.05) is 30.3 Å². The molecule has 1 aromatic carbocycles. The maximum atomic E-state index is 12.7. The number of hydrogen-bond donors (Lipinski definition) is 0. The summed E-state index contributed by atoms with van der Waals surface area (Å²) in [6, 6.07) is 9.30. The Morgan fingerprint density at radius 1 is 1.21 bits per heavy atom. The molecule has 3 fully saturated rings. The second-order valence-corrected chi connectivity index (χ2v) is 6.65. The monoisotopic (exact) mass is 327 g/mol. The first-order valence-electron chi connectivity index (χ1n) is 8.35. The molecule has 0 N–H and O–H groups in total. The zero-order valence-corrected chi connectivity index (χ0v) is 13.5. The van der Waals surface area contributed by atoms with Crippen molar-refractivity contribution in [1.82, 2.24) is 14.9 Å². The van der Waals surface area contributed by atoms with Gasteiger partial charge in [-0.1, -0.05) is 36.4 Å². The van der Waals surface area contributed by atoms with Crippen molar-refractivity contribution < 1.29 is 14.4 Å². The molecular formula is C18H21N3O3. The summed E-state index contributed by atoms with van der Waals surface area (Å²) < 4.78 is 0. The molecule has 3 atom stereocenters. The first-order chi connectivity index (χ1) is 11.7. The van der Waals surface area contributed by atoms with Crippen molar-refractivity contribution in [1.29, 1.82) is 0 Å². The van der Waals surface area contributed by atoms with Gasteiger partial charge in [-0.05, 0) is 12.0 Å². The van der Waals surface area contributed by atoms with E-state index in [0.29, 0.717) is 26.2 Å². The van der Waals surface area contributed by atoms with Crippen molar-refractivity contribution in [2.75, 3.05) is 19.6 Å². The van der Waals surface area contributed by atoms with Gasteiger partial charge in [0.15, 0.2) is 0 Å². The van der Waals surface area contributed by atoms with Gasteiger partial charge in [0.25, 0.3) is 0 Å². The highest BCUT2D eigenvalue weighted by atomic mass is 16.7. The second-order valence-electron chi connectivity index (χ2n) is 6.65. The first kappa shape index (κ1) is 15.2. The molecule has 4 rings (SSSR count). The predicted octanol–water partition coefficient (Wildman–Crippen LogP) is 1.64. The summed E-state index contributed by atoms with van der Waals surface area (Å²) in [5, 5.41) is 1.48. The Bertz CT molecular complexity index is 663. The van der Waals surface area contributed by atoms with Crippen LogP contribution in [-0.2, 0) is 16.2 Å². The fraction of sp³-hybridized carbons (Fsp3) is 0.444. The van der Waals surface area contributed by atoms with Crippen LogP contribution in [-0.4, -0.2) is 58.5 Å². The highest BCUT2D eigenvalue weighted by molar-refractivity contribution is 5.90. The van der Waals surface area contributed by atoms with Crippen LogP contribution in [0.2, 0.25) is 0 Å². The lowest BCUT2D eigenvalue weighted by Crippen LogP contribution is -2.48. The SMILES string of the molecule is C=CCN1CC2CC3CN(C(=O)N3OCc3ccccc3)C2C1=O. The molecule has 0 spiro atoms. The van der Waals surface area contributed by atoms with Gasteiger partial charge in [0.1, 0.15) is 12.6 Å². The molecule has 3 amide bonds. The minimum atomic E-state index is -0.334. The van der Waals surface area contributed by atoms with Crippen molar-refractivity contribution in [2.24, 2.45) is 5.92 Å². The average molecular weight is 327 g/mol. The Morgan fingerprint density at radius 2 is 2.00 bits per heavy atom. The third-order valence-corrected chi connectivity index (χ3v) is 5.11. The Morgan fingerprint density at radius 3 is 2.75 bits per heavy atom. The van der Waals surface area contributed by atoms with Gasteiger partial charge in [-0.25, -0.2) is 4.79 Å². The van der Waals surface area contributed by atoms with Crippen molar-refractivity contribution >= 4 is 11.9 Å². The van der Waals surface area contributed by atoms with Crippen molar-refractivity contribution in [3.8, 4) is 0 Å². The molecule has 3 aliphatic heterocycles. The molecule has 0 aromatic heterocycles. The molecule has 3 aliphatic rings. The average Bonchev–Trinajstić information content (AvgIpc) is 3.03. The maximum absolute atomic E-state index is 12.7.